The summed E-state index contributed by atoms with van der Waals surface area (Å²) >= 11 is 5.81. The summed E-state index contributed by atoms with van der Waals surface area (Å²) in [4.78, 5) is 31.8. The first-order valence-electron chi connectivity index (χ1n) is 8.45. The summed E-state index contributed by atoms with van der Waals surface area (Å²) < 4.78 is 7.15. The molecule has 0 saturated carbocycles. The van der Waals surface area contributed by atoms with Crippen molar-refractivity contribution in [2.24, 2.45) is 0 Å². The molecule has 0 aliphatic heterocycles. The molecule has 4 rings (SSSR count). The smallest absolute Gasteiger partial charge is 0.258 e. The van der Waals surface area contributed by atoms with Gasteiger partial charge in [0.05, 0.1) is 16.2 Å². The zero-order valence-electron chi connectivity index (χ0n) is 14.6. The van der Waals surface area contributed by atoms with E-state index < -0.39 is 0 Å². The Kier molecular flexibility index (Phi) is 4.87. The summed E-state index contributed by atoms with van der Waals surface area (Å²) in [6.07, 6.45) is 3.91. The molecule has 3 aromatic heterocycles. The molecule has 0 amide bonds. The van der Waals surface area contributed by atoms with E-state index in [1.165, 1.54) is 10.6 Å². The third-order valence-corrected chi connectivity index (χ3v) is 4.38. The topological polar surface area (TPSA) is 74.1 Å². The molecule has 0 unspecified atom stereocenters. The fourth-order valence-corrected chi connectivity index (χ4v) is 2.87. The first-order chi connectivity index (χ1) is 13.6. The number of aldehydes is 1. The predicted molar refractivity (Wildman–Crippen MR) is 106 cm³/mol. The zero-order valence-corrected chi connectivity index (χ0v) is 15.3. The molecule has 0 saturated heterocycles. The molecular weight excluding hydrogens is 378 g/mol. The number of halogens is 1. The zero-order chi connectivity index (χ0) is 19.5. The lowest BCUT2D eigenvalue weighted by Crippen LogP contribution is -2.16. The first kappa shape index (κ1) is 17.9. The number of aromatic nitrogens is 3. The van der Waals surface area contributed by atoms with Gasteiger partial charge in [-0.05, 0) is 42.5 Å². The highest BCUT2D eigenvalue weighted by atomic mass is 35.5. The third-order valence-electron chi connectivity index (χ3n) is 4.16. The molecule has 0 bridgehead atoms. The van der Waals surface area contributed by atoms with Gasteiger partial charge >= 0.3 is 0 Å². The minimum Gasteiger partial charge on any atom is -0.487 e. The Morgan fingerprint density at radius 1 is 1.07 bits per heavy atom. The highest BCUT2D eigenvalue weighted by Gasteiger charge is 2.05. The van der Waals surface area contributed by atoms with E-state index in [2.05, 4.69) is 9.97 Å². The van der Waals surface area contributed by atoms with Gasteiger partial charge in [0, 0.05) is 29.5 Å². The van der Waals surface area contributed by atoms with E-state index in [1.54, 1.807) is 54.9 Å². The maximum Gasteiger partial charge on any atom is 0.258 e. The van der Waals surface area contributed by atoms with Gasteiger partial charge in [0.15, 0.2) is 6.29 Å². The summed E-state index contributed by atoms with van der Waals surface area (Å²) in [5.74, 6) is 0.455. The van der Waals surface area contributed by atoms with E-state index in [9.17, 15) is 9.59 Å². The van der Waals surface area contributed by atoms with E-state index >= 15 is 0 Å². The second-order valence-corrected chi connectivity index (χ2v) is 6.49. The molecule has 0 aliphatic rings. The van der Waals surface area contributed by atoms with Crippen molar-refractivity contribution in [3.05, 3.63) is 93.8 Å². The van der Waals surface area contributed by atoms with Crippen molar-refractivity contribution in [2.45, 2.75) is 6.61 Å². The molecular formula is C21H14ClN3O3. The summed E-state index contributed by atoms with van der Waals surface area (Å²) in [6.45, 7) is 0.237. The number of fused-ring (bicyclic) bond motifs is 1. The van der Waals surface area contributed by atoms with Crippen molar-refractivity contribution in [3.8, 4) is 11.4 Å². The second kappa shape index (κ2) is 7.62. The number of hydrogen-bond donors (Lipinski definition) is 0. The van der Waals surface area contributed by atoms with Crippen LogP contribution in [-0.4, -0.2) is 20.8 Å². The largest absolute Gasteiger partial charge is 0.487 e. The quantitative estimate of drug-likeness (QED) is 0.483. The average Bonchev–Trinajstić information content (AvgIpc) is 2.72. The van der Waals surface area contributed by atoms with Crippen LogP contribution in [0.3, 0.4) is 0 Å². The molecule has 0 N–H and O–H groups in total. The number of rotatable bonds is 5. The minimum atomic E-state index is -0.224. The van der Waals surface area contributed by atoms with Crippen LogP contribution < -0.4 is 10.3 Å². The van der Waals surface area contributed by atoms with Crippen molar-refractivity contribution >= 4 is 28.8 Å². The number of pyridine rings is 3. The van der Waals surface area contributed by atoms with Crippen LogP contribution in [0.4, 0.5) is 0 Å². The van der Waals surface area contributed by atoms with Crippen molar-refractivity contribution in [2.75, 3.05) is 0 Å². The van der Waals surface area contributed by atoms with E-state index in [4.69, 9.17) is 16.3 Å². The summed E-state index contributed by atoms with van der Waals surface area (Å²) in [5, 5.41) is 1.39. The van der Waals surface area contributed by atoms with Crippen molar-refractivity contribution < 1.29 is 9.53 Å². The van der Waals surface area contributed by atoms with Crippen LogP contribution in [0.15, 0.2) is 71.8 Å². The highest BCUT2D eigenvalue weighted by Crippen LogP contribution is 2.18. The number of nitrogens with zero attached hydrogens (tertiary/aromatic N) is 3. The molecule has 0 aliphatic carbocycles. The van der Waals surface area contributed by atoms with Crippen LogP contribution in [-0.2, 0) is 6.61 Å². The van der Waals surface area contributed by atoms with Crippen LogP contribution in [0.5, 0.6) is 5.75 Å². The summed E-state index contributed by atoms with van der Waals surface area (Å²) in [7, 11) is 0. The molecule has 0 spiro atoms. The van der Waals surface area contributed by atoms with Crippen molar-refractivity contribution in [3.63, 3.8) is 0 Å². The van der Waals surface area contributed by atoms with Crippen LogP contribution in [0.25, 0.3) is 16.6 Å². The second-order valence-electron chi connectivity index (χ2n) is 6.06. The minimum absolute atomic E-state index is 0.224. The number of hydrogen-bond acceptors (Lipinski definition) is 5. The lowest BCUT2D eigenvalue weighted by Gasteiger charge is -2.09. The molecule has 3 heterocycles. The van der Waals surface area contributed by atoms with Crippen LogP contribution in [0.1, 0.15) is 16.2 Å². The van der Waals surface area contributed by atoms with Crippen molar-refractivity contribution in [1.29, 1.82) is 0 Å². The van der Waals surface area contributed by atoms with Gasteiger partial charge in [0.1, 0.15) is 18.1 Å². The van der Waals surface area contributed by atoms with Gasteiger partial charge in [-0.15, -0.1) is 0 Å². The molecule has 6 nitrogen and oxygen atoms in total. The highest BCUT2D eigenvalue weighted by molar-refractivity contribution is 6.30. The van der Waals surface area contributed by atoms with E-state index in [0.717, 1.165) is 5.39 Å². The first-order valence-corrected chi connectivity index (χ1v) is 8.82. The Morgan fingerprint density at radius 3 is 2.71 bits per heavy atom. The normalized spacial score (nSPS) is 10.8. The Bertz CT molecular complexity index is 1220. The predicted octanol–water partition coefficient (Wildman–Crippen LogP) is 3.83. The number of benzene rings is 1. The molecule has 4 aromatic rings. The molecule has 0 atom stereocenters. The van der Waals surface area contributed by atoms with Crippen LogP contribution >= 0.6 is 11.6 Å². The summed E-state index contributed by atoms with van der Waals surface area (Å²) in [6, 6.07) is 15.5. The number of carbonyl (C=O) groups is 1. The molecule has 0 radical (unpaired) electrons. The van der Waals surface area contributed by atoms with E-state index in [1.807, 2.05) is 6.07 Å². The number of carbonyl (C=O) groups excluding carboxylic acids is 1. The maximum atomic E-state index is 12.5. The molecule has 7 heteroatoms. The van der Waals surface area contributed by atoms with Gasteiger partial charge in [-0.25, -0.2) is 4.98 Å². The van der Waals surface area contributed by atoms with Gasteiger partial charge in [0.2, 0.25) is 0 Å². The summed E-state index contributed by atoms with van der Waals surface area (Å²) in [5.41, 5.74) is 2.25. The SMILES string of the molecule is O=Cc1ccc2cc(-n3ccc(OCc4ccc(Cl)cn4)cc3=O)ccc2n1. The molecule has 1 aromatic carbocycles. The standard InChI is InChI=1S/C21H14ClN3O3/c22-15-2-4-17(23-11-15)13-28-19-7-8-25(21(27)10-19)18-5-6-20-14(9-18)1-3-16(12-26)24-20/h1-12H,13H2. The van der Waals surface area contributed by atoms with Gasteiger partial charge < -0.3 is 4.74 Å². The fourth-order valence-electron chi connectivity index (χ4n) is 2.76. The Balaban J connectivity index is 1.57. The monoisotopic (exact) mass is 391 g/mol. The van der Waals surface area contributed by atoms with Gasteiger partial charge in [-0.2, -0.15) is 0 Å². The van der Waals surface area contributed by atoms with E-state index in [0.29, 0.717) is 39.7 Å². The van der Waals surface area contributed by atoms with Gasteiger partial charge in [0.25, 0.3) is 5.56 Å². The Morgan fingerprint density at radius 2 is 1.96 bits per heavy atom. The fraction of sp³-hybridized carbons (Fsp3) is 0.0476. The Labute approximate surface area is 165 Å². The molecule has 138 valence electrons. The lowest BCUT2D eigenvalue weighted by molar-refractivity contribution is 0.111. The van der Waals surface area contributed by atoms with Crippen LogP contribution in [0, 0.1) is 0 Å². The van der Waals surface area contributed by atoms with Crippen molar-refractivity contribution in [1.82, 2.24) is 14.5 Å². The number of ether oxygens (including phenoxy) is 1. The van der Waals surface area contributed by atoms with Gasteiger partial charge in [-0.3, -0.25) is 19.1 Å². The molecule has 28 heavy (non-hydrogen) atoms. The molecule has 0 fully saturated rings. The van der Waals surface area contributed by atoms with E-state index in [-0.39, 0.29) is 12.2 Å². The average molecular weight is 392 g/mol. The maximum absolute atomic E-state index is 12.5. The third kappa shape index (κ3) is 3.77. The Hall–Kier alpha value is -3.51. The van der Waals surface area contributed by atoms with Crippen LogP contribution in [0.2, 0.25) is 5.02 Å². The van der Waals surface area contributed by atoms with Gasteiger partial charge in [-0.1, -0.05) is 17.7 Å². The lowest BCUT2D eigenvalue weighted by atomic mass is 10.2.